The molecule has 68 heavy (non-hydrogen) atoms. The number of aliphatic hydroxyl groups excluding tert-OH is 1. The van der Waals surface area contributed by atoms with E-state index >= 15 is 0 Å². The van der Waals surface area contributed by atoms with Gasteiger partial charge in [0.15, 0.2) is 0 Å². The van der Waals surface area contributed by atoms with Crippen LogP contribution in [0.15, 0.2) is 140 Å². The topological polar surface area (TPSA) is 218 Å². The predicted octanol–water partition coefficient (Wildman–Crippen LogP) is 10.6. The van der Waals surface area contributed by atoms with Crippen LogP contribution in [0.25, 0.3) is 11.0 Å². The van der Waals surface area contributed by atoms with Gasteiger partial charge in [0.2, 0.25) is 0 Å². The van der Waals surface area contributed by atoms with Crippen LogP contribution in [0, 0.1) is 36.5 Å². The number of nitrogens with zero attached hydrogens (tertiary/aromatic N) is 6. The van der Waals surface area contributed by atoms with Crippen molar-refractivity contribution in [1.82, 2.24) is 19.2 Å². The fraction of sp³-hybridized carbons (Fsp3) is 0.180. The zero-order valence-corrected chi connectivity index (χ0v) is 37.6. The number of anilines is 4. The normalized spacial score (nSPS) is 9.71. The third kappa shape index (κ3) is 15.3. The molecule has 0 unspecified atom stereocenters. The van der Waals surface area contributed by atoms with Gasteiger partial charge in [0, 0.05) is 47.9 Å². The molecule has 0 bridgehead atoms. The number of hydrogen-bond donors (Lipinski definition) is 4. The molecular formula is C50H52Cu2N8O8. The fourth-order valence-electron chi connectivity index (χ4n) is 6.22. The van der Waals surface area contributed by atoms with Gasteiger partial charge in [-0.1, -0.05) is 51.3 Å². The van der Waals surface area contributed by atoms with Gasteiger partial charge in [-0.3, -0.25) is 0 Å². The Morgan fingerprint density at radius 2 is 1.13 bits per heavy atom. The Labute approximate surface area is 414 Å². The molecule has 0 aliphatic heterocycles. The fourth-order valence-corrected chi connectivity index (χ4v) is 6.22. The Morgan fingerprint density at radius 1 is 0.676 bits per heavy atom. The Balaban J connectivity index is 0.000000378. The number of aromatic nitrogens is 4. The number of aromatic carboxylic acids is 1. The number of carboxylic acid groups (broad SMARTS) is 1. The molecule has 0 saturated heterocycles. The number of para-hydroxylation sites is 2. The molecule has 4 aromatic carbocycles. The number of benzene rings is 4. The molecule has 0 spiro atoms. The van der Waals surface area contributed by atoms with Crippen LogP contribution < -0.4 is 20.1 Å². The van der Waals surface area contributed by atoms with Gasteiger partial charge in [-0.25, -0.2) is 13.8 Å². The first-order chi connectivity index (χ1) is 31.7. The molecule has 1 radical (unpaired) electrons. The van der Waals surface area contributed by atoms with Crippen LogP contribution in [0.3, 0.4) is 0 Å². The van der Waals surface area contributed by atoms with Crippen LogP contribution in [-0.4, -0.2) is 68.9 Å². The minimum atomic E-state index is -1.04. The minimum absolute atomic E-state index is 0. The van der Waals surface area contributed by atoms with Crippen molar-refractivity contribution in [3.63, 3.8) is 0 Å². The average Bonchev–Trinajstić information content (AvgIpc) is 3.90. The zero-order valence-electron chi connectivity index (χ0n) is 35.7. The Kier molecular flexibility index (Phi) is 24.5. The molecular weight excluding hydrogens is 968 g/mol. The van der Waals surface area contributed by atoms with Crippen molar-refractivity contribution >= 4 is 39.8 Å². The first-order valence-electron chi connectivity index (χ1n) is 19.7. The number of nitriles is 2. The van der Waals surface area contributed by atoms with E-state index < -0.39 is 5.97 Å². The van der Waals surface area contributed by atoms with Crippen LogP contribution >= 0.6 is 0 Å². The second kappa shape index (κ2) is 29.3. The van der Waals surface area contributed by atoms with Gasteiger partial charge in [-0.05, 0) is 104 Å². The first-order valence-corrected chi connectivity index (χ1v) is 20.1. The molecule has 4 N–H and O–H groups in total. The summed E-state index contributed by atoms with van der Waals surface area (Å²) in [5.41, 5.74) is 6.86. The van der Waals surface area contributed by atoms with E-state index in [4.69, 9.17) is 23.2 Å². The second-order valence-corrected chi connectivity index (χ2v) is 13.6. The van der Waals surface area contributed by atoms with Crippen molar-refractivity contribution in [2.45, 2.75) is 28.7 Å². The summed E-state index contributed by atoms with van der Waals surface area (Å²) in [4.78, 5) is 11.5. The van der Waals surface area contributed by atoms with Crippen molar-refractivity contribution < 1.29 is 70.8 Å². The molecule has 8 rings (SSSR count). The number of ether oxygens (including phenoxy) is 4. The zero-order chi connectivity index (χ0) is 46.6. The van der Waals surface area contributed by atoms with Crippen molar-refractivity contribution in [1.29, 1.82) is 10.5 Å². The molecule has 0 aliphatic rings. The Hall–Kier alpha value is -7.37. The number of aliphatic hydroxyl groups is 1. The summed E-state index contributed by atoms with van der Waals surface area (Å²) in [6.45, 7) is 5.36. The number of rotatable bonds is 14. The number of carbonyl (C=O) groups is 1. The third-order valence-corrected chi connectivity index (χ3v) is 9.29. The van der Waals surface area contributed by atoms with Gasteiger partial charge >= 0.3 is 25.7 Å². The SMILES string of the molecule is C.C.COCCOCCO.Cc1c(C(=O)O)cn2ncc(C#N)c(Nc3ccc(Oc4ccccc4)cc3)c12.Cc1ccn2ncc(C#N)c(Nc3ccc(Oc4ccccc4)cc3)c12.[Cu].[O]=[Cu]. The maximum absolute atomic E-state index is 11.5. The molecule has 18 heteroatoms. The summed E-state index contributed by atoms with van der Waals surface area (Å²) >= 11 is 2.94. The maximum atomic E-state index is 11.5. The molecule has 4 heterocycles. The summed E-state index contributed by atoms with van der Waals surface area (Å²) in [7, 11) is 1.61. The van der Waals surface area contributed by atoms with Crippen LogP contribution in [0.2, 0.25) is 0 Å². The van der Waals surface area contributed by atoms with Gasteiger partial charge in [0.05, 0.1) is 77.9 Å². The van der Waals surface area contributed by atoms with E-state index in [-0.39, 0.29) is 44.1 Å². The molecule has 0 amide bonds. The van der Waals surface area contributed by atoms with Crippen LogP contribution in [0.5, 0.6) is 23.0 Å². The quantitative estimate of drug-likeness (QED) is 0.0589. The summed E-state index contributed by atoms with van der Waals surface area (Å²) in [6, 6.07) is 40.3. The number of aryl methyl sites for hydroxylation is 2. The van der Waals surface area contributed by atoms with E-state index in [2.05, 4.69) is 53.7 Å². The van der Waals surface area contributed by atoms with E-state index in [1.165, 1.54) is 16.9 Å². The number of methoxy groups -OCH3 is 1. The van der Waals surface area contributed by atoms with E-state index in [1.54, 1.807) is 24.7 Å². The molecule has 0 saturated carbocycles. The van der Waals surface area contributed by atoms with Crippen LogP contribution in [0.4, 0.5) is 22.7 Å². The summed E-state index contributed by atoms with van der Waals surface area (Å²) < 4.78 is 32.2. The van der Waals surface area contributed by atoms with Gasteiger partial charge in [-0.2, -0.15) is 20.7 Å². The molecule has 8 aromatic rings. The van der Waals surface area contributed by atoms with E-state index in [1.807, 2.05) is 128 Å². The van der Waals surface area contributed by atoms with Gasteiger partial charge in [0.25, 0.3) is 0 Å². The van der Waals surface area contributed by atoms with Gasteiger partial charge in [-0.15, -0.1) is 0 Å². The predicted molar refractivity (Wildman–Crippen MR) is 253 cm³/mol. The Bertz CT molecular complexity index is 2860. The standard InChI is InChI=1S/C22H16N4O3.C21H16N4O.C5H12O3.2CH4.2Cu.O/c1-14-19(22(27)28)13-26-21(14)20(15(11-23)12-24-26)25-16-7-9-18(10-8-16)29-17-5-3-2-4-6-17;1-15-11-12-25-21(15)20(16(13-22)14-23-25)24-17-7-9-19(10-8-17)26-18-5-3-2-4-6-18;1-7-4-5-8-3-2-6;;;;;/h2-10,12-13,25H,1H3,(H,27,28);2-12,14,24H,1H3;6H,2-5H2,1H3;2*1H4;;;. The number of fused-ring (bicyclic) bond motifs is 2. The molecule has 0 aliphatic carbocycles. The second-order valence-electron chi connectivity index (χ2n) is 13.6. The summed E-state index contributed by atoms with van der Waals surface area (Å²) in [5.74, 6) is 1.91. The van der Waals surface area contributed by atoms with E-state index in [9.17, 15) is 20.4 Å². The van der Waals surface area contributed by atoms with Crippen LogP contribution in [0.1, 0.15) is 47.5 Å². The van der Waals surface area contributed by atoms with Gasteiger partial charge in [0.1, 0.15) is 35.1 Å². The molecule has 16 nitrogen and oxygen atoms in total. The van der Waals surface area contributed by atoms with Gasteiger partial charge < -0.3 is 39.8 Å². The third-order valence-electron chi connectivity index (χ3n) is 9.29. The number of hydrogen-bond acceptors (Lipinski definition) is 13. The average molecular weight is 1020 g/mol. The van der Waals surface area contributed by atoms with E-state index in [0.717, 1.165) is 45.4 Å². The van der Waals surface area contributed by atoms with Crippen LogP contribution in [-0.2, 0) is 46.3 Å². The summed E-state index contributed by atoms with van der Waals surface area (Å²) in [6.07, 6.45) is 6.30. The Morgan fingerprint density at radius 3 is 1.57 bits per heavy atom. The first kappa shape index (κ1) is 56.8. The van der Waals surface area contributed by atoms with Crippen molar-refractivity contribution in [3.8, 4) is 35.1 Å². The molecule has 362 valence electrons. The molecule has 0 atom stereocenters. The van der Waals surface area contributed by atoms with Crippen molar-refractivity contribution in [2.75, 3.05) is 44.2 Å². The van der Waals surface area contributed by atoms with Crippen molar-refractivity contribution in [2.24, 2.45) is 0 Å². The summed E-state index contributed by atoms with van der Waals surface area (Å²) in [5, 5.41) is 51.5. The van der Waals surface area contributed by atoms with E-state index in [0.29, 0.717) is 53.5 Å². The number of carboxylic acids is 1. The number of nitrogens with one attached hydrogen (secondary N) is 2. The van der Waals surface area contributed by atoms with Crippen molar-refractivity contribution in [3.05, 3.63) is 168 Å². The molecule has 0 fully saturated rings. The monoisotopic (exact) mass is 1020 g/mol. The molecule has 4 aromatic heterocycles.